The van der Waals surface area contributed by atoms with Crippen LogP contribution < -0.4 is 25.7 Å². The van der Waals surface area contributed by atoms with E-state index < -0.39 is 0 Å². The summed E-state index contributed by atoms with van der Waals surface area (Å²) in [6.45, 7) is 3.46. The number of benzene rings is 2. The molecule has 0 unspecified atom stereocenters. The maximum atomic E-state index is 13.1. The topological polar surface area (TPSA) is 120 Å². The highest BCUT2D eigenvalue weighted by Gasteiger charge is 2.15. The van der Waals surface area contributed by atoms with Gasteiger partial charge >= 0.3 is 0 Å². The van der Waals surface area contributed by atoms with E-state index in [2.05, 4.69) is 32.2 Å². The van der Waals surface area contributed by atoms with Gasteiger partial charge in [-0.25, -0.2) is 9.97 Å². The minimum atomic E-state index is -0.345. The molecule has 1 amide bonds. The number of aromatic nitrogens is 4. The van der Waals surface area contributed by atoms with Gasteiger partial charge in [0.2, 0.25) is 11.9 Å². The van der Waals surface area contributed by atoms with E-state index >= 15 is 0 Å². The summed E-state index contributed by atoms with van der Waals surface area (Å²) in [7, 11) is 4.68. The fourth-order valence-corrected chi connectivity index (χ4v) is 3.31. The van der Waals surface area contributed by atoms with E-state index in [4.69, 9.17) is 9.47 Å². The Labute approximate surface area is 194 Å². The van der Waals surface area contributed by atoms with Crippen LogP contribution in [0.15, 0.2) is 66.1 Å². The summed E-state index contributed by atoms with van der Waals surface area (Å²) in [4.78, 5) is 38.2. The molecule has 172 valence electrons. The molecule has 0 radical (unpaired) electrons. The number of ether oxygens (including phenoxy) is 2. The van der Waals surface area contributed by atoms with Crippen molar-refractivity contribution in [3.05, 3.63) is 71.7 Å². The lowest BCUT2D eigenvalue weighted by Gasteiger charge is -2.13. The van der Waals surface area contributed by atoms with Crippen LogP contribution in [0.4, 0.5) is 17.3 Å². The maximum absolute atomic E-state index is 13.1. The zero-order chi connectivity index (χ0) is 24.2. The number of para-hydroxylation sites is 2. The lowest BCUT2D eigenvalue weighted by atomic mass is 10.1. The van der Waals surface area contributed by atoms with Crippen LogP contribution in [-0.2, 0) is 11.8 Å². The van der Waals surface area contributed by atoms with Crippen molar-refractivity contribution < 1.29 is 14.3 Å². The molecule has 2 aromatic carbocycles. The van der Waals surface area contributed by atoms with Crippen molar-refractivity contribution >= 4 is 34.4 Å². The quantitative estimate of drug-likeness (QED) is 0.405. The van der Waals surface area contributed by atoms with Crippen molar-refractivity contribution in [2.24, 2.45) is 7.05 Å². The van der Waals surface area contributed by atoms with E-state index in [9.17, 15) is 9.59 Å². The van der Waals surface area contributed by atoms with E-state index in [0.717, 1.165) is 0 Å². The number of fused-ring (bicyclic) bond motifs is 1. The first kappa shape index (κ1) is 22.5. The third kappa shape index (κ3) is 4.42. The van der Waals surface area contributed by atoms with Crippen molar-refractivity contribution in [2.75, 3.05) is 24.9 Å². The number of hydrogen-bond acceptors (Lipinski definition) is 8. The van der Waals surface area contributed by atoms with Gasteiger partial charge in [0.25, 0.3) is 5.56 Å². The van der Waals surface area contributed by atoms with Gasteiger partial charge in [0.1, 0.15) is 22.7 Å². The number of anilines is 3. The molecular weight excluding hydrogens is 436 g/mol. The molecule has 0 aliphatic heterocycles. The molecule has 0 fully saturated rings. The van der Waals surface area contributed by atoms with Crippen molar-refractivity contribution in [3.63, 3.8) is 0 Å². The molecule has 2 N–H and O–H groups in total. The van der Waals surface area contributed by atoms with Gasteiger partial charge in [-0.2, -0.15) is 4.98 Å². The van der Waals surface area contributed by atoms with Crippen LogP contribution in [-0.4, -0.2) is 39.6 Å². The second kappa shape index (κ2) is 9.41. The number of carbonyl (C=O) groups excluding carboxylic acids is 1. The smallest absolute Gasteiger partial charge is 0.278 e. The third-order valence-corrected chi connectivity index (χ3v) is 5.05. The molecular formula is C24H22N6O4. The highest BCUT2D eigenvalue weighted by Crippen LogP contribution is 2.28. The summed E-state index contributed by atoms with van der Waals surface area (Å²) in [5.74, 6) is 0.968. The molecule has 4 rings (SSSR count). The van der Waals surface area contributed by atoms with Gasteiger partial charge in [0, 0.05) is 18.7 Å². The number of rotatable bonds is 7. The van der Waals surface area contributed by atoms with Gasteiger partial charge in [0.15, 0.2) is 5.65 Å². The van der Waals surface area contributed by atoms with Crippen molar-refractivity contribution in [3.8, 4) is 22.8 Å². The van der Waals surface area contributed by atoms with Crippen LogP contribution >= 0.6 is 0 Å². The van der Waals surface area contributed by atoms with Crippen LogP contribution in [0.5, 0.6) is 11.5 Å². The summed E-state index contributed by atoms with van der Waals surface area (Å²) < 4.78 is 12.0. The SMILES string of the molecule is C=CC(=O)Nc1ccccc1Nc1ncc2nc(-c3cc(OC)cc(OC)c3)c(=O)n(C)c2n1. The van der Waals surface area contributed by atoms with Crippen molar-refractivity contribution in [1.29, 1.82) is 0 Å². The highest BCUT2D eigenvalue weighted by atomic mass is 16.5. The van der Waals surface area contributed by atoms with E-state index in [-0.39, 0.29) is 23.1 Å². The largest absolute Gasteiger partial charge is 0.497 e. The predicted molar refractivity (Wildman–Crippen MR) is 130 cm³/mol. The number of nitrogens with zero attached hydrogens (tertiary/aromatic N) is 4. The second-order valence-electron chi connectivity index (χ2n) is 7.19. The lowest BCUT2D eigenvalue weighted by molar-refractivity contribution is -0.111. The van der Waals surface area contributed by atoms with Gasteiger partial charge in [-0.15, -0.1) is 0 Å². The highest BCUT2D eigenvalue weighted by molar-refractivity contribution is 6.01. The Morgan fingerprint density at radius 1 is 1.06 bits per heavy atom. The average molecular weight is 458 g/mol. The van der Waals surface area contributed by atoms with E-state index in [1.165, 1.54) is 31.1 Å². The third-order valence-electron chi connectivity index (χ3n) is 5.05. The maximum Gasteiger partial charge on any atom is 0.278 e. The first-order valence-corrected chi connectivity index (χ1v) is 10.2. The fraction of sp³-hybridized carbons (Fsp3) is 0.125. The van der Waals surface area contributed by atoms with E-state index in [1.54, 1.807) is 49.5 Å². The molecule has 0 saturated heterocycles. The number of methoxy groups -OCH3 is 2. The number of carbonyl (C=O) groups is 1. The molecule has 4 aromatic rings. The molecule has 0 saturated carbocycles. The molecule has 0 atom stereocenters. The standard InChI is InChI=1S/C24H22N6O4/c1-5-20(31)26-17-8-6-7-9-18(17)28-24-25-13-19-22(29-24)30(2)23(32)21(27-19)14-10-15(33-3)12-16(11-14)34-4/h5-13H,1H2,2-4H3,(H,26,31)(H,25,28,29). The Morgan fingerprint density at radius 2 is 1.74 bits per heavy atom. The van der Waals surface area contributed by atoms with Crippen molar-refractivity contribution in [2.45, 2.75) is 0 Å². The van der Waals surface area contributed by atoms with Crippen LogP contribution in [0.25, 0.3) is 22.4 Å². The average Bonchev–Trinajstić information content (AvgIpc) is 2.87. The van der Waals surface area contributed by atoms with Crippen LogP contribution in [0, 0.1) is 0 Å². The zero-order valence-corrected chi connectivity index (χ0v) is 18.8. The van der Waals surface area contributed by atoms with Gasteiger partial charge < -0.3 is 20.1 Å². The molecule has 0 aliphatic carbocycles. The molecule has 10 heteroatoms. The Hall–Kier alpha value is -4.73. The van der Waals surface area contributed by atoms with E-state index in [1.807, 2.05) is 0 Å². The number of amides is 1. The van der Waals surface area contributed by atoms with Gasteiger partial charge in [0.05, 0.1) is 31.8 Å². The summed E-state index contributed by atoms with van der Waals surface area (Å²) in [5.41, 5.74) is 2.31. The first-order chi connectivity index (χ1) is 16.4. The number of hydrogen-bond donors (Lipinski definition) is 2. The Morgan fingerprint density at radius 3 is 2.38 bits per heavy atom. The summed E-state index contributed by atoms with van der Waals surface area (Å²) in [6, 6.07) is 12.2. The molecule has 2 heterocycles. The Balaban J connectivity index is 1.75. The minimum absolute atomic E-state index is 0.217. The Bertz CT molecular complexity index is 1440. The normalized spacial score (nSPS) is 10.6. The fourth-order valence-electron chi connectivity index (χ4n) is 3.31. The molecule has 2 aromatic heterocycles. The van der Waals surface area contributed by atoms with Gasteiger partial charge in [-0.05, 0) is 30.3 Å². The number of nitrogens with one attached hydrogen (secondary N) is 2. The molecule has 10 nitrogen and oxygen atoms in total. The van der Waals surface area contributed by atoms with Crippen LogP contribution in [0.2, 0.25) is 0 Å². The van der Waals surface area contributed by atoms with Crippen LogP contribution in [0.3, 0.4) is 0 Å². The monoisotopic (exact) mass is 458 g/mol. The molecule has 0 spiro atoms. The van der Waals surface area contributed by atoms with Gasteiger partial charge in [-0.3, -0.25) is 14.2 Å². The lowest BCUT2D eigenvalue weighted by Crippen LogP contribution is -2.22. The summed E-state index contributed by atoms with van der Waals surface area (Å²) >= 11 is 0. The number of aryl methyl sites for hydroxylation is 1. The second-order valence-corrected chi connectivity index (χ2v) is 7.19. The zero-order valence-electron chi connectivity index (χ0n) is 18.8. The Kier molecular flexibility index (Phi) is 6.22. The van der Waals surface area contributed by atoms with E-state index in [0.29, 0.717) is 39.6 Å². The summed E-state index contributed by atoms with van der Waals surface area (Å²) in [5, 5.41) is 5.79. The first-order valence-electron chi connectivity index (χ1n) is 10.2. The van der Waals surface area contributed by atoms with Crippen molar-refractivity contribution in [1.82, 2.24) is 19.5 Å². The predicted octanol–water partition coefficient (Wildman–Crippen LogP) is 3.28. The summed E-state index contributed by atoms with van der Waals surface area (Å²) in [6.07, 6.45) is 2.70. The molecule has 0 aliphatic rings. The van der Waals surface area contributed by atoms with Crippen LogP contribution in [0.1, 0.15) is 0 Å². The van der Waals surface area contributed by atoms with Gasteiger partial charge in [-0.1, -0.05) is 18.7 Å². The molecule has 0 bridgehead atoms. The molecule has 34 heavy (non-hydrogen) atoms. The minimum Gasteiger partial charge on any atom is -0.497 e.